The number of halogens is 2. The van der Waals surface area contributed by atoms with E-state index >= 15 is 0 Å². The highest BCUT2D eigenvalue weighted by Gasteiger charge is 2.35. The fourth-order valence-corrected chi connectivity index (χ4v) is 3.83. The molecule has 0 radical (unpaired) electrons. The molecule has 34 heavy (non-hydrogen) atoms. The van der Waals surface area contributed by atoms with E-state index in [1.54, 1.807) is 33.7 Å². The molecule has 1 aliphatic carbocycles. The standard InChI is InChI=1S/C25H27Cl2N5O2/c1-25(2,3)30-24(34)32(19-11-12-19)15-22(33)29-23-28-21(16-7-9-17(26)10-8-16)14-31(23)20-6-4-5-18(27)13-20/h4-10,13-14,19H,11-12,15H2,1-3H3,(H,30,34)(H,28,29,33). The van der Waals surface area contributed by atoms with E-state index in [4.69, 9.17) is 23.2 Å². The van der Waals surface area contributed by atoms with Crippen LogP contribution in [0.25, 0.3) is 16.9 Å². The lowest BCUT2D eigenvalue weighted by molar-refractivity contribution is -0.117. The number of imidazole rings is 1. The first-order chi connectivity index (χ1) is 16.1. The van der Waals surface area contributed by atoms with Crippen molar-refractivity contribution in [2.75, 3.05) is 11.9 Å². The molecule has 0 unspecified atom stereocenters. The van der Waals surface area contributed by atoms with Crippen molar-refractivity contribution < 1.29 is 9.59 Å². The van der Waals surface area contributed by atoms with Crippen LogP contribution in [0.5, 0.6) is 0 Å². The predicted molar refractivity (Wildman–Crippen MR) is 136 cm³/mol. The molecule has 178 valence electrons. The molecule has 9 heteroatoms. The van der Waals surface area contributed by atoms with Gasteiger partial charge in [-0.25, -0.2) is 9.78 Å². The third kappa shape index (κ3) is 6.10. The number of aromatic nitrogens is 2. The molecule has 2 N–H and O–H groups in total. The summed E-state index contributed by atoms with van der Waals surface area (Å²) in [6, 6.07) is 14.4. The minimum Gasteiger partial charge on any atom is -0.333 e. The van der Waals surface area contributed by atoms with E-state index in [1.165, 1.54) is 0 Å². The van der Waals surface area contributed by atoms with Gasteiger partial charge in [-0.2, -0.15) is 0 Å². The van der Waals surface area contributed by atoms with E-state index in [1.807, 2.05) is 51.2 Å². The maximum Gasteiger partial charge on any atom is 0.318 e. The molecule has 1 aliphatic rings. The number of nitrogens with one attached hydrogen (secondary N) is 2. The van der Waals surface area contributed by atoms with Gasteiger partial charge >= 0.3 is 6.03 Å². The lowest BCUT2D eigenvalue weighted by atomic mass is 10.1. The van der Waals surface area contributed by atoms with Gasteiger partial charge in [-0.05, 0) is 63.9 Å². The normalized spacial score (nSPS) is 13.4. The summed E-state index contributed by atoms with van der Waals surface area (Å²) < 4.78 is 1.77. The lowest BCUT2D eigenvalue weighted by Crippen LogP contribution is -2.51. The van der Waals surface area contributed by atoms with Gasteiger partial charge in [0.05, 0.1) is 5.69 Å². The van der Waals surface area contributed by atoms with Crippen LogP contribution in [0.15, 0.2) is 54.7 Å². The van der Waals surface area contributed by atoms with Crippen molar-refractivity contribution in [1.82, 2.24) is 19.8 Å². The summed E-state index contributed by atoms with van der Waals surface area (Å²) in [6.07, 6.45) is 3.61. The Balaban J connectivity index is 1.60. The quantitative estimate of drug-likeness (QED) is 0.452. The topological polar surface area (TPSA) is 79.3 Å². The number of hydrogen-bond acceptors (Lipinski definition) is 3. The molecule has 1 fully saturated rings. The molecule has 0 bridgehead atoms. The smallest absolute Gasteiger partial charge is 0.318 e. The van der Waals surface area contributed by atoms with Gasteiger partial charge in [0, 0.05) is 39.1 Å². The van der Waals surface area contributed by atoms with Gasteiger partial charge in [0.25, 0.3) is 0 Å². The van der Waals surface area contributed by atoms with E-state index < -0.39 is 5.54 Å². The van der Waals surface area contributed by atoms with Crippen molar-refractivity contribution in [2.45, 2.75) is 45.2 Å². The second-order valence-corrected chi connectivity index (χ2v) is 10.3. The maximum absolute atomic E-state index is 13.0. The summed E-state index contributed by atoms with van der Waals surface area (Å²) in [5, 5.41) is 7.02. The minimum atomic E-state index is -0.392. The van der Waals surface area contributed by atoms with Gasteiger partial charge in [0.2, 0.25) is 11.9 Å². The number of benzene rings is 2. The highest BCUT2D eigenvalue weighted by molar-refractivity contribution is 6.31. The fraction of sp³-hybridized carbons (Fsp3) is 0.320. The second-order valence-electron chi connectivity index (χ2n) is 9.39. The summed E-state index contributed by atoms with van der Waals surface area (Å²) in [6.45, 7) is 5.67. The minimum absolute atomic E-state index is 0.0642. The van der Waals surface area contributed by atoms with Crippen LogP contribution < -0.4 is 10.6 Å². The van der Waals surface area contributed by atoms with Gasteiger partial charge < -0.3 is 10.2 Å². The van der Waals surface area contributed by atoms with Crippen LogP contribution in [-0.4, -0.2) is 44.5 Å². The summed E-state index contributed by atoms with van der Waals surface area (Å²) in [7, 11) is 0. The maximum atomic E-state index is 13.0. The summed E-state index contributed by atoms with van der Waals surface area (Å²) >= 11 is 12.2. The van der Waals surface area contributed by atoms with E-state index in [2.05, 4.69) is 15.6 Å². The zero-order valence-corrected chi connectivity index (χ0v) is 20.8. The third-order valence-electron chi connectivity index (χ3n) is 5.23. The number of rotatable bonds is 6. The van der Waals surface area contributed by atoms with Crippen molar-refractivity contribution >= 4 is 41.1 Å². The number of carbonyl (C=O) groups excluding carboxylic acids is 2. The van der Waals surface area contributed by atoms with Crippen LogP contribution in [0, 0.1) is 0 Å². The van der Waals surface area contributed by atoms with E-state index in [0.29, 0.717) is 21.7 Å². The zero-order valence-electron chi connectivity index (χ0n) is 19.3. The van der Waals surface area contributed by atoms with Crippen molar-refractivity contribution in [3.8, 4) is 16.9 Å². The average molecular weight is 500 g/mol. The summed E-state index contributed by atoms with van der Waals surface area (Å²) in [5.41, 5.74) is 1.87. The highest BCUT2D eigenvalue weighted by atomic mass is 35.5. The Morgan fingerprint density at radius 3 is 2.41 bits per heavy atom. The molecule has 1 heterocycles. The van der Waals surface area contributed by atoms with Crippen LogP contribution >= 0.6 is 23.2 Å². The fourth-order valence-electron chi connectivity index (χ4n) is 3.52. The molecule has 2 aromatic carbocycles. The molecule has 1 saturated carbocycles. The Hall–Kier alpha value is -3.03. The number of anilines is 1. The van der Waals surface area contributed by atoms with Crippen LogP contribution in [0.3, 0.4) is 0 Å². The molecule has 0 saturated heterocycles. The monoisotopic (exact) mass is 499 g/mol. The first-order valence-electron chi connectivity index (χ1n) is 11.1. The zero-order chi connectivity index (χ0) is 24.5. The number of carbonyl (C=O) groups is 2. The lowest BCUT2D eigenvalue weighted by Gasteiger charge is -2.28. The first-order valence-corrected chi connectivity index (χ1v) is 11.8. The van der Waals surface area contributed by atoms with Gasteiger partial charge in [0.15, 0.2) is 0 Å². The number of amides is 3. The molecule has 0 aliphatic heterocycles. The van der Waals surface area contributed by atoms with Gasteiger partial charge in [-0.15, -0.1) is 0 Å². The average Bonchev–Trinajstić information content (AvgIpc) is 3.51. The Bertz CT molecular complexity index is 1200. The Morgan fingerprint density at radius 2 is 1.79 bits per heavy atom. The molecule has 1 aromatic heterocycles. The molecule has 7 nitrogen and oxygen atoms in total. The van der Waals surface area contributed by atoms with Crippen molar-refractivity contribution in [3.63, 3.8) is 0 Å². The van der Waals surface area contributed by atoms with Crippen LogP contribution in [0.1, 0.15) is 33.6 Å². The van der Waals surface area contributed by atoms with Crippen LogP contribution in [0.2, 0.25) is 10.0 Å². The van der Waals surface area contributed by atoms with Crippen molar-refractivity contribution in [2.24, 2.45) is 0 Å². The van der Waals surface area contributed by atoms with Gasteiger partial charge in [0.1, 0.15) is 6.54 Å². The summed E-state index contributed by atoms with van der Waals surface area (Å²) in [4.78, 5) is 32.0. The molecule has 0 atom stereocenters. The number of nitrogens with zero attached hydrogens (tertiary/aromatic N) is 3. The first kappa shape index (κ1) is 24.1. The Morgan fingerprint density at radius 1 is 1.09 bits per heavy atom. The Labute approximate surface area is 209 Å². The SMILES string of the molecule is CC(C)(C)NC(=O)N(CC(=O)Nc1nc(-c2ccc(Cl)cc2)cn1-c1cccc(Cl)c1)C1CC1. The number of hydrogen-bond donors (Lipinski definition) is 2. The van der Waals surface area contributed by atoms with Gasteiger partial charge in [-0.1, -0.05) is 41.4 Å². The molecule has 3 aromatic rings. The molecular formula is C25H27Cl2N5O2. The van der Waals surface area contributed by atoms with E-state index in [0.717, 1.165) is 24.1 Å². The largest absolute Gasteiger partial charge is 0.333 e. The van der Waals surface area contributed by atoms with E-state index in [9.17, 15) is 9.59 Å². The van der Waals surface area contributed by atoms with Crippen LogP contribution in [0.4, 0.5) is 10.7 Å². The Kier molecular flexibility index (Phi) is 6.86. The van der Waals surface area contributed by atoms with Crippen LogP contribution in [-0.2, 0) is 4.79 Å². The number of urea groups is 1. The molecule has 3 amide bonds. The molecule has 0 spiro atoms. The second kappa shape index (κ2) is 9.68. The molecule has 4 rings (SSSR count). The van der Waals surface area contributed by atoms with E-state index in [-0.39, 0.29) is 24.5 Å². The van der Waals surface area contributed by atoms with Gasteiger partial charge in [-0.3, -0.25) is 14.7 Å². The third-order valence-corrected chi connectivity index (χ3v) is 5.71. The summed E-state index contributed by atoms with van der Waals surface area (Å²) in [5.74, 6) is 0.0108. The highest BCUT2D eigenvalue weighted by Crippen LogP contribution is 2.28. The van der Waals surface area contributed by atoms with Crippen molar-refractivity contribution in [3.05, 3.63) is 64.8 Å². The van der Waals surface area contributed by atoms with Crippen molar-refractivity contribution in [1.29, 1.82) is 0 Å². The molecular weight excluding hydrogens is 473 g/mol. The predicted octanol–water partition coefficient (Wildman–Crippen LogP) is 5.76.